The van der Waals surface area contributed by atoms with Crippen LogP contribution in [0, 0.1) is 0 Å². The molecule has 5 aromatic carbocycles. The third-order valence-corrected chi connectivity index (χ3v) is 12.4. The van der Waals surface area contributed by atoms with E-state index in [-0.39, 0.29) is 49.9 Å². The smallest absolute Gasteiger partial charge is 0.297 e. The van der Waals surface area contributed by atoms with Gasteiger partial charge in [-0.15, -0.1) is 24.8 Å². The summed E-state index contributed by atoms with van der Waals surface area (Å²) in [5.74, 6) is -1.21. The number of hydrogen-bond acceptors (Lipinski definition) is 22. The molecule has 0 bridgehead atoms. The van der Waals surface area contributed by atoms with Gasteiger partial charge in [0.2, 0.25) is 16.5 Å². The Hall–Kier alpha value is -5.32. The van der Waals surface area contributed by atoms with E-state index in [1.54, 1.807) is 0 Å². The highest BCUT2D eigenvalue weighted by atomic mass is 35.5. The van der Waals surface area contributed by atoms with Gasteiger partial charge in [-0.1, -0.05) is 23.2 Å². The first-order chi connectivity index (χ1) is 28.4. The molecule has 32 heteroatoms. The number of nitrogens with one attached hydrogen (secondary N) is 1. The van der Waals surface area contributed by atoms with Gasteiger partial charge in [-0.3, -0.25) is 18.2 Å². The number of fused-ring (bicyclic) bond motifs is 2. The molecular formula is C29H19Cl2N9O16S5. The third-order valence-electron chi connectivity index (χ3n) is 7.82. The maximum absolute atomic E-state index is 12.7. The van der Waals surface area contributed by atoms with Crippen LogP contribution in [-0.2, 0) is 49.8 Å². The van der Waals surface area contributed by atoms with Crippen molar-refractivity contribution in [2.75, 3.05) is 11.1 Å². The molecule has 0 amide bonds. The lowest BCUT2D eigenvalue weighted by Crippen LogP contribution is -2.03. The van der Waals surface area contributed by atoms with Gasteiger partial charge in [-0.05, 0) is 71.1 Å². The lowest BCUT2D eigenvalue weighted by atomic mass is 10.1. The number of halogens is 2. The quantitative estimate of drug-likeness (QED) is 0.0148. The van der Waals surface area contributed by atoms with Crippen LogP contribution in [0.4, 0.5) is 40.1 Å². The first-order valence-electron chi connectivity index (χ1n) is 15.4. The average molecular weight is 981 g/mol. The van der Waals surface area contributed by atoms with E-state index in [9.17, 15) is 57.0 Å². The normalized spacial score (nSPS) is 12.9. The Balaban J connectivity index is 1.56. The predicted molar refractivity (Wildman–Crippen MR) is 212 cm³/mol. The van der Waals surface area contributed by atoms with E-state index in [2.05, 4.69) is 50.1 Å². The largest absolute Gasteiger partial charge is 0.505 e. The average Bonchev–Trinajstić information content (AvgIpc) is 3.13. The number of azo groups is 2. The zero-order valence-electron chi connectivity index (χ0n) is 29.0. The minimum Gasteiger partial charge on any atom is -0.505 e. The summed E-state index contributed by atoms with van der Waals surface area (Å²) in [7, 11) is -20.6. The van der Waals surface area contributed by atoms with Gasteiger partial charge in [0.1, 0.15) is 42.3 Å². The molecule has 0 radical (unpaired) electrons. The number of aromatic hydroxyl groups is 1. The van der Waals surface area contributed by atoms with Gasteiger partial charge in [0.15, 0.2) is 5.75 Å². The van der Waals surface area contributed by atoms with E-state index < -0.39 is 105 Å². The molecule has 1 aromatic heterocycles. The standard InChI is InChI=1S/C29H19Cl2N9O16S5/c30-27-34-28(31)36-29(35-27)33-12-4-7-19(59(46,47)48)16(10-12)38-39-23-17(57-56-55-42)8-11-9-20(60(49,50)51)24(22(32)21(11)25(23)41)40-37-15-6-5-13-14(26(15)61(52,53)54)2-1-3-18(13)58(43,44)45/h1-10,41-42H,32H2,(H,43,44,45)(H,46,47,48)(H,49,50,51)(H,52,53,54)(H,33,34,35,36). The molecule has 61 heavy (non-hydrogen) atoms. The molecule has 0 spiro atoms. The summed E-state index contributed by atoms with van der Waals surface area (Å²) < 4.78 is 143. The number of phenolic OH excluding ortho intramolecular Hbond substituents is 1. The lowest BCUT2D eigenvalue weighted by Gasteiger charge is -2.14. The van der Waals surface area contributed by atoms with Crippen LogP contribution in [0.3, 0.4) is 0 Å². The summed E-state index contributed by atoms with van der Waals surface area (Å²) in [5, 5.41) is 39.5. The van der Waals surface area contributed by atoms with E-state index in [0.717, 1.165) is 54.6 Å². The lowest BCUT2D eigenvalue weighted by molar-refractivity contribution is -0.432. The number of phenols is 1. The number of aromatic nitrogens is 3. The van der Waals surface area contributed by atoms with Crippen molar-refractivity contribution in [1.82, 2.24) is 15.0 Å². The SMILES string of the molecule is Nc1c(N=Nc2ccc3c(S(=O)(=O)O)cccc3c2S(=O)(=O)O)c(S(=O)(=O)O)cc2cc(SOOO)c(N=Nc3cc(Nc4nc(Cl)nc(Cl)n4)ccc3S(=O)(=O)O)c(O)c12. The van der Waals surface area contributed by atoms with Gasteiger partial charge in [0, 0.05) is 16.5 Å². The monoisotopic (exact) mass is 979 g/mol. The summed E-state index contributed by atoms with van der Waals surface area (Å²) in [4.78, 5) is 7.10. The molecule has 0 fully saturated rings. The second-order valence-electron chi connectivity index (χ2n) is 11.6. The van der Waals surface area contributed by atoms with Crippen LogP contribution in [0.15, 0.2) is 106 Å². The number of anilines is 3. The van der Waals surface area contributed by atoms with Crippen molar-refractivity contribution >= 4 is 137 Å². The molecular weight excluding hydrogens is 962 g/mol. The van der Waals surface area contributed by atoms with E-state index in [4.69, 9.17) is 34.2 Å². The van der Waals surface area contributed by atoms with Crippen LogP contribution < -0.4 is 11.1 Å². The fourth-order valence-corrected chi connectivity index (χ4v) is 9.17. The molecule has 0 saturated carbocycles. The van der Waals surface area contributed by atoms with Crippen molar-refractivity contribution in [3.8, 4) is 5.75 Å². The van der Waals surface area contributed by atoms with E-state index in [1.165, 1.54) is 0 Å². The van der Waals surface area contributed by atoms with Gasteiger partial charge in [-0.25, -0.2) is 5.26 Å². The van der Waals surface area contributed by atoms with Crippen LogP contribution >= 0.6 is 35.2 Å². The molecule has 0 aliphatic carbocycles. The van der Waals surface area contributed by atoms with Crippen molar-refractivity contribution in [3.05, 3.63) is 71.2 Å². The molecule has 25 nitrogen and oxygen atoms in total. The number of nitrogen functional groups attached to an aromatic ring is 1. The zero-order valence-corrected chi connectivity index (χ0v) is 34.6. The minimum absolute atomic E-state index is 0.00783. The highest BCUT2D eigenvalue weighted by molar-refractivity contribution is 7.94. The summed E-state index contributed by atoms with van der Waals surface area (Å²) in [6, 6.07) is 9.56. The molecule has 6 aromatic rings. The van der Waals surface area contributed by atoms with Crippen LogP contribution in [0.25, 0.3) is 21.5 Å². The molecule has 0 unspecified atom stereocenters. The first-order valence-corrected chi connectivity index (χ1v) is 22.7. The van der Waals surface area contributed by atoms with Gasteiger partial charge in [0.05, 0.1) is 28.0 Å². The Labute approximate surface area is 355 Å². The highest BCUT2D eigenvalue weighted by Crippen LogP contribution is 2.50. The zero-order chi connectivity index (χ0) is 44.8. The Bertz CT molecular complexity index is 3330. The van der Waals surface area contributed by atoms with Crippen molar-refractivity contribution in [2.45, 2.75) is 24.5 Å². The second kappa shape index (κ2) is 16.9. The maximum atomic E-state index is 12.7. The summed E-state index contributed by atoms with van der Waals surface area (Å²) in [6.07, 6.45) is 0. The number of rotatable bonds is 13. The number of nitrogens with two attached hydrogens (primary N) is 1. The van der Waals surface area contributed by atoms with Crippen molar-refractivity contribution in [3.63, 3.8) is 0 Å². The molecule has 9 N–H and O–H groups in total. The Kier molecular flexibility index (Phi) is 12.5. The molecule has 6 rings (SSSR count). The summed E-state index contributed by atoms with van der Waals surface area (Å²) in [6.45, 7) is 0. The second-order valence-corrected chi connectivity index (χ2v) is 18.5. The van der Waals surface area contributed by atoms with E-state index >= 15 is 0 Å². The third kappa shape index (κ3) is 9.76. The Morgan fingerprint density at radius 1 is 0.672 bits per heavy atom. The topological polar surface area (TPSA) is 403 Å². The van der Waals surface area contributed by atoms with Crippen LogP contribution in [-0.4, -0.2) is 77.2 Å². The van der Waals surface area contributed by atoms with Crippen molar-refractivity contribution in [1.29, 1.82) is 0 Å². The number of hydrogen-bond donors (Lipinski definition) is 8. The Morgan fingerprint density at radius 3 is 1.90 bits per heavy atom. The van der Waals surface area contributed by atoms with Crippen molar-refractivity contribution in [2.24, 2.45) is 20.5 Å². The fourth-order valence-electron chi connectivity index (χ4n) is 5.50. The molecule has 320 valence electrons. The summed E-state index contributed by atoms with van der Waals surface area (Å²) >= 11 is 11.7. The van der Waals surface area contributed by atoms with Crippen LogP contribution in [0.1, 0.15) is 0 Å². The van der Waals surface area contributed by atoms with Gasteiger partial charge >= 0.3 is 0 Å². The molecule has 1 heterocycles. The van der Waals surface area contributed by atoms with Crippen LogP contribution in [0.2, 0.25) is 10.6 Å². The van der Waals surface area contributed by atoms with E-state index in [1.807, 2.05) is 0 Å². The van der Waals surface area contributed by atoms with Crippen LogP contribution in [0.5, 0.6) is 5.75 Å². The maximum Gasteiger partial charge on any atom is 0.297 e. The number of nitrogens with zero attached hydrogens (tertiary/aromatic N) is 7. The molecule has 0 aliphatic heterocycles. The first kappa shape index (κ1) is 45.2. The van der Waals surface area contributed by atoms with Crippen molar-refractivity contribution < 1.29 is 71.6 Å². The van der Waals surface area contributed by atoms with E-state index in [0.29, 0.717) is 6.07 Å². The van der Waals surface area contributed by atoms with Gasteiger partial charge < -0.3 is 16.2 Å². The Morgan fingerprint density at radius 2 is 1.30 bits per heavy atom. The highest BCUT2D eigenvalue weighted by Gasteiger charge is 2.28. The van der Waals surface area contributed by atoms with Gasteiger partial charge in [0.25, 0.3) is 40.5 Å². The molecule has 0 saturated heterocycles. The fraction of sp³-hybridized carbons (Fsp3) is 0. The minimum atomic E-state index is -5.33. The number of benzene rings is 5. The molecule has 0 atom stereocenters. The molecule has 0 aliphatic rings. The predicted octanol–water partition coefficient (Wildman–Crippen LogP) is 6.76. The van der Waals surface area contributed by atoms with Gasteiger partial charge in [-0.2, -0.15) is 48.6 Å². The summed E-state index contributed by atoms with van der Waals surface area (Å²) in [5.41, 5.74) is 2.53.